The number of unbranched alkanes of at least 4 members (excludes halogenated alkanes) is 3. The first kappa shape index (κ1) is 39.6. The van der Waals surface area contributed by atoms with Crippen LogP contribution in [-0.2, 0) is 42.9 Å². The Hall–Kier alpha value is -2.54. The van der Waals surface area contributed by atoms with Crippen molar-refractivity contribution in [2.45, 2.75) is 131 Å². The number of ether oxygens (including phenoxy) is 7. The fourth-order valence-electron chi connectivity index (χ4n) is 6.36. The van der Waals surface area contributed by atoms with E-state index in [9.17, 15) is 19.2 Å². The van der Waals surface area contributed by atoms with Crippen molar-refractivity contribution in [3.05, 3.63) is 17.7 Å². The summed E-state index contributed by atoms with van der Waals surface area (Å²) in [7, 11) is 3.20. The van der Waals surface area contributed by atoms with Crippen molar-refractivity contribution >= 4 is 45.8 Å². The maximum absolute atomic E-state index is 12.5. The molecule has 1 aliphatic heterocycles. The summed E-state index contributed by atoms with van der Waals surface area (Å²) < 4.78 is 45.6. The molecular weight excluding hydrogens is 703 g/mol. The SMILES string of the molecule is CCC[CH2][Sn]([CH2]CCC)([CH2]CCC)[c]1cc([C@@H]2O[C@H](COC(C)=O)[C@H](OC(C)=O)[C@H](OC(C)=O)[C@H]2OC(C)=O)c(OC)cc1OC. The van der Waals surface area contributed by atoms with Gasteiger partial charge in [-0.2, -0.15) is 0 Å². The zero-order valence-electron chi connectivity index (χ0n) is 29.1. The van der Waals surface area contributed by atoms with Crippen molar-refractivity contribution in [1.29, 1.82) is 0 Å². The normalized spacial score (nSPS) is 21.2. The molecule has 1 aliphatic rings. The van der Waals surface area contributed by atoms with E-state index in [4.69, 9.17) is 33.2 Å². The predicted molar refractivity (Wildman–Crippen MR) is 175 cm³/mol. The van der Waals surface area contributed by atoms with Crippen LogP contribution in [0.2, 0.25) is 13.3 Å². The molecule has 260 valence electrons. The summed E-state index contributed by atoms with van der Waals surface area (Å²) in [6.07, 6.45) is 0.792. The third-order valence-corrected chi connectivity index (χ3v) is 24.0. The molecule has 0 unspecified atom stereocenters. The van der Waals surface area contributed by atoms with Gasteiger partial charge in [-0.1, -0.05) is 0 Å². The fraction of sp³-hybridized carbons (Fsp3) is 0.706. The van der Waals surface area contributed by atoms with Crippen LogP contribution < -0.4 is 13.1 Å². The second kappa shape index (κ2) is 19.3. The summed E-state index contributed by atoms with van der Waals surface area (Å²) >= 11 is -3.18. The molecule has 0 amide bonds. The van der Waals surface area contributed by atoms with Gasteiger partial charge in [0.05, 0.1) is 0 Å². The number of hydrogen-bond donors (Lipinski definition) is 0. The van der Waals surface area contributed by atoms with Gasteiger partial charge in [0.1, 0.15) is 0 Å². The van der Waals surface area contributed by atoms with Gasteiger partial charge in [-0.15, -0.1) is 0 Å². The first-order chi connectivity index (χ1) is 21.9. The minimum atomic E-state index is -3.18. The molecule has 2 rings (SSSR count). The molecule has 12 heteroatoms. The van der Waals surface area contributed by atoms with E-state index in [2.05, 4.69) is 26.8 Å². The summed E-state index contributed by atoms with van der Waals surface area (Å²) in [5.74, 6) is -1.37. The van der Waals surface area contributed by atoms with E-state index >= 15 is 0 Å². The molecule has 1 saturated heterocycles. The van der Waals surface area contributed by atoms with Gasteiger partial charge in [0.2, 0.25) is 0 Å². The first-order valence-electron chi connectivity index (χ1n) is 16.4. The molecule has 5 atom stereocenters. The molecule has 0 N–H and O–H groups in total. The Morgan fingerprint density at radius 1 is 0.674 bits per heavy atom. The second-order valence-electron chi connectivity index (χ2n) is 12.0. The minimum absolute atomic E-state index is 0.299. The standard InChI is InChI=1S/C22H27O11.3C4H9.Sn/c1-11(23)29-10-18-20(30-12(2)24)22(32-14(4)26)21(31-13(3)25)19(33-18)16-8-7-15(27-5)9-17(16)28-6;3*1-3-4-2;/h8-9,18-22H,10H2,1-6H3;3*1,3-4H2,2H3;/t18-,19+,20+,21+,22+;;;;/m1..../s1. The molecule has 46 heavy (non-hydrogen) atoms. The van der Waals surface area contributed by atoms with E-state index in [1.54, 1.807) is 7.11 Å². The zero-order valence-corrected chi connectivity index (χ0v) is 32.0. The monoisotopic (exact) mass is 758 g/mol. The van der Waals surface area contributed by atoms with Gasteiger partial charge in [-0.3, -0.25) is 0 Å². The molecule has 1 fully saturated rings. The number of carbonyl (C=O) groups excluding carboxylic acids is 4. The van der Waals surface area contributed by atoms with Crippen molar-refractivity contribution in [2.75, 3.05) is 20.8 Å². The average molecular weight is 758 g/mol. The molecule has 1 aromatic rings. The topological polar surface area (TPSA) is 133 Å². The number of esters is 4. The van der Waals surface area contributed by atoms with Crippen molar-refractivity contribution in [1.82, 2.24) is 0 Å². The molecular formula is C34H54O11Sn. The summed E-state index contributed by atoms with van der Waals surface area (Å²) in [6, 6.07) is 3.96. The van der Waals surface area contributed by atoms with E-state index < -0.39 is 72.8 Å². The fourth-order valence-corrected chi connectivity index (χ4v) is 22.9. The van der Waals surface area contributed by atoms with Gasteiger partial charge in [-0.05, 0) is 0 Å². The van der Waals surface area contributed by atoms with Crippen LogP contribution in [0.1, 0.15) is 98.7 Å². The maximum atomic E-state index is 12.5. The molecule has 0 spiro atoms. The number of rotatable bonds is 18. The third-order valence-electron chi connectivity index (χ3n) is 8.45. The van der Waals surface area contributed by atoms with Crippen LogP contribution in [0.5, 0.6) is 11.5 Å². The molecule has 0 aromatic heterocycles. The molecule has 0 radical (unpaired) electrons. The van der Waals surface area contributed by atoms with Crippen LogP contribution in [0.4, 0.5) is 0 Å². The van der Waals surface area contributed by atoms with Gasteiger partial charge < -0.3 is 0 Å². The van der Waals surface area contributed by atoms with Crippen molar-refractivity contribution in [2.24, 2.45) is 0 Å². The molecule has 0 aliphatic carbocycles. The Balaban J connectivity index is 2.93. The first-order valence-corrected chi connectivity index (χ1v) is 23.9. The Labute approximate surface area is 278 Å². The summed E-state index contributed by atoms with van der Waals surface area (Å²) in [5.41, 5.74) is 0.585. The summed E-state index contributed by atoms with van der Waals surface area (Å²) in [4.78, 5) is 49.1. The third kappa shape index (κ3) is 10.7. The number of hydrogen-bond acceptors (Lipinski definition) is 11. The van der Waals surface area contributed by atoms with Crippen LogP contribution in [0.15, 0.2) is 12.1 Å². The summed E-state index contributed by atoms with van der Waals surface area (Å²) in [5, 5.41) is 0. The van der Waals surface area contributed by atoms with Crippen molar-refractivity contribution in [3.63, 3.8) is 0 Å². The van der Waals surface area contributed by atoms with Gasteiger partial charge in [0.15, 0.2) is 0 Å². The summed E-state index contributed by atoms with van der Waals surface area (Å²) in [6.45, 7) is 11.2. The zero-order chi connectivity index (χ0) is 34.4. The number of methoxy groups -OCH3 is 2. The average Bonchev–Trinajstić information content (AvgIpc) is 3.00. The van der Waals surface area contributed by atoms with Crippen molar-refractivity contribution < 1.29 is 52.3 Å². The molecule has 0 bridgehead atoms. The molecule has 11 nitrogen and oxygen atoms in total. The van der Waals surface area contributed by atoms with Crippen molar-refractivity contribution in [3.8, 4) is 11.5 Å². The quantitative estimate of drug-likeness (QED) is 0.106. The van der Waals surface area contributed by atoms with E-state index in [1.165, 1.54) is 38.4 Å². The van der Waals surface area contributed by atoms with Crippen LogP contribution in [0.25, 0.3) is 0 Å². The Kier molecular flexibility index (Phi) is 16.6. The second-order valence-corrected chi connectivity index (χ2v) is 25.1. The van der Waals surface area contributed by atoms with Gasteiger partial charge >= 0.3 is 279 Å². The van der Waals surface area contributed by atoms with Gasteiger partial charge in [0.25, 0.3) is 0 Å². The van der Waals surface area contributed by atoms with E-state index in [0.29, 0.717) is 11.3 Å². The van der Waals surface area contributed by atoms with Gasteiger partial charge in [0, 0.05) is 0 Å². The van der Waals surface area contributed by atoms with E-state index in [1.807, 2.05) is 6.07 Å². The molecule has 1 aromatic carbocycles. The van der Waals surface area contributed by atoms with Crippen LogP contribution in [0, 0.1) is 0 Å². The predicted octanol–water partition coefficient (Wildman–Crippen LogP) is 5.56. The Morgan fingerprint density at radius 2 is 1.15 bits per heavy atom. The molecule has 1 heterocycles. The number of benzene rings is 1. The molecule has 0 saturated carbocycles. The van der Waals surface area contributed by atoms with Gasteiger partial charge in [-0.25, -0.2) is 0 Å². The van der Waals surface area contributed by atoms with Crippen LogP contribution in [0.3, 0.4) is 0 Å². The van der Waals surface area contributed by atoms with Crippen LogP contribution in [-0.4, -0.2) is 87.5 Å². The van der Waals surface area contributed by atoms with E-state index in [0.717, 1.165) is 57.6 Å². The van der Waals surface area contributed by atoms with E-state index in [-0.39, 0.29) is 6.61 Å². The van der Waals surface area contributed by atoms with Crippen LogP contribution >= 0.6 is 0 Å². The Morgan fingerprint density at radius 3 is 1.59 bits per heavy atom. The Bertz CT molecular complexity index is 1150. The number of carbonyl (C=O) groups is 4.